The van der Waals surface area contributed by atoms with Gasteiger partial charge in [-0.25, -0.2) is 8.42 Å². The molecule has 0 radical (unpaired) electrons. The fraction of sp³-hybridized carbons (Fsp3) is 0.222. The normalized spacial score (nSPS) is 13.6. The average molecular weight is 358 g/mol. The molecule has 2 amide bonds. The van der Waals surface area contributed by atoms with E-state index in [-0.39, 0.29) is 28.9 Å². The fourth-order valence-electron chi connectivity index (χ4n) is 2.74. The van der Waals surface area contributed by atoms with E-state index in [1.54, 1.807) is 48.3 Å². The Morgan fingerprint density at radius 1 is 1.16 bits per heavy atom. The lowest BCUT2D eigenvalue weighted by Gasteiger charge is -2.11. The molecule has 0 atom stereocenters. The third-order valence-corrected chi connectivity index (χ3v) is 5.87. The third kappa shape index (κ3) is 3.71. The smallest absolute Gasteiger partial charge is 0.231 e. The van der Waals surface area contributed by atoms with Gasteiger partial charge < -0.3 is 10.2 Å². The summed E-state index contributed by atoms with van der Waals surface area (Å²) in [7, 11) is -1.77. The summed E-state index contributed by atoms with van der Waals surface area (Å²) in [5, 5.41) is 2.69. The van der Waals surface area contributed by atoms with Crippen LogP contribution in [0.4, 0.5) is 11.4 Å². The number of anilines is 2. The van der Waals surface area contributed by atoms with Gasteiger partial charge in [-0.15, -0.1) is 0 Å². The Labute approximate surface area is 146 Å². The minimum absolute atomic E-state index is 0.00688. The van der Waals surface area contributed by atoms with Crippen LogP contribution in [-0.2, 0) is 25.8 Å². The van der Waals surface area contributed by atoms with Crippen LogP contribution in [0.15, 0.2) is 53.4 Å². The van der Waals surface area contributed by atoms with Crippen LogP contribution in [0.5, 0.6) is 0 Å². The molecule has 130 valence electrons. The number of hydrogen-bond acceptors (Lipinski definition) is 4. The van der Waals surface area contributed by atoms with Gasteiger partial charge in [-0.05, 0) is 35.9 Å². The van der Waals surface area contributed by atoms with Crippen LogP contribution < -0.4 is 10.2 Å². The molecule has 0 saturated heterocycles. The number of carbonyl (C=O) groups is 2. The average Bonchev–Trinajstić information content (AvgIpc) is 2.88. The van der Waals surface area contributed by atoms with Crippen LogP contribution in [0.25, 0.3) is 0 Å². The first kappa shape index (κ1) is 17.2. The van der Waals surface area contributed by atoms with E-state index in [9.17, 15) is 18.0 Å². The Bertz CT molecular complexity index is 923. The van der Waals surface area contributed by atoms with Crippen molar-refractivity contribution in [3.05, 3.63) is 54.1 Å². The van der Waals surface area contributed by atoms with Gasteiger partial charge in [0.25, 0.3) is 0 Å². The number of sulfone groups is 1. The fourth-order valence-corrected chi connectivity index (χ4v) is 4.01. The second-order valence-corrected chi connectivity index (χ2v) is 8.01. The lowest BCUT2D eigenvalue weighted by molar-refractivity contribution is -0.117. The molecular formula is C18H18N2O4S. The van der Waals surface area contributed by atoms with Crippen LogP contribution in [0, 0.1) is 0 Å². The molecule has 25 heavy (non-hydrogen) atoms. The Balaban J connectivity index is 1.62. The number of nitrogens with one attached hydrogen (secondary N) is 1. The largest absolute Gasteiger partial charge is 0.326 e. The van der Waals surface area contributed by atoms with Crippen molar-refractivity contribution in [2.24, 2.45) is 0 Å². The lowest BCUT2D eigenvalue weighted by Crippen LogP contribution is -2.20. The lowest BCUT2D eigenvalue weighted by atomic mass is 10.1. The Kier molecular flexibility index (Phi) is 4.59. The van der Waals surface area contributed by atoms with Gasteiger partial charge in [0.15, 0.2) is 9.84 Å². The monoisotopic (exact) mass is 358 g/mol. The number of carbonyl (C=O) groups excluding carboxylic acids is 2. The third-order valence-electron chi connectivity index (χ3n) is 4.14. The van der Waals surface area contributed by atoms with Crippen LogP contribution in [0.3, 0.4) is 0 Å². The van der Waals surface area contributed by atoms with Crippen LogP contribution in [0.2, 0.25) is 0 Å². The van der Waals surface area contributed by atoms with E-state index >= 15 is 0 Å². The van der Waals surface area contributed by atoms with Gasteiger partial charge in [0, 0.05) is 24.8 Å². The zero-order chi connectivity index (χ0) is 18.0. The summed E-state index contributed by atoms with van der Waals surface area (Å²) in [5.74, 6) is -0.626. The van der Waals surface area contributed by atoms with Crippen molar-refractivity contribution in [2.75, 3.05) is 23.0 Å². The van der Waals surface area contributed by atoms with Crippen molar-refractivity contribution in [1.29, 1.82) is 0 Å². The molecular weight excluding hydrogens is 340 g/mol. The van der Waals surface area contributed by atoms with E-state index in [1.165, 1.54) is 12.1 Å². The summed E-state index contributed by atoms with van der Waals surface area (Å²) in [5.41, 5.74) is 2.24. The summed E-state index contributed by atoms with van der Waals surface area (Å²) in [6, 6.07) is 13.3. The molecule has 0 spiro atoms. The van der Waals surface area contributed by atoms with Crippen LogP contribution in [0.1, 0.15) is 12.0 Å². The highest BCUT2D eigenvalue weighted by Gasteiger charge is 2.24. The standard InChI is InChI=1S/C18H18N2O4S/c1-20-16-8-7-14(11-13(16)12-18(20)22)19-17(21)9-10-25(23,24)15-5-3-2-4-6-15/h2-8,11H,9-10,12H2,1H3,(H,19,21). The van der Waals surface area contributed by atoms with E-state index in [4.69, 9.17) is 0 Å². The van der Waals surface area contributed by atoms with E-state index in [2.05, 4.69) is 5.32 Å². The summed E-state index contributed by atoms with van der Waals surface area (Å²) in [6.07, 6.45) is 0.172. The molecule has 1 heterocycles. The van der Waals surface area contributed by atoms with Gasteiger partial charge in [0.2, 0.25) is 11.8 Å². The van der Waals surface area contributed by atoms with E-state index in [1.807, 2.05) is 0 Å². The summed E-state index contributed by atoms with van der Waals surface area (Å²) in [6.45, 7) is 0. The first-order valence-electron chi connectivity index (χ1n) is 7.84. The van der Waals surface area contributed by atoms with Crippen LogP contribution in [-0.4, -0.2) is 33.0 Å². The Hall–Kier alpha value is -2.67. The molecule has 1 N–H and O–H groups in total. The number of rotatable bonds is 5. The number of nitrogens with zero attached hydrogens (tertiary/aromatic N) is 1. The zero-order valence-electron chi connectivity index (χ0n) is 13.7. The van der Waals surface area contributed by atoms with E-state index < -0.39 is 9.84 Å². The van der Waals surface area contributed by atoms with Gasteiger partial charge in [0.05, 0.1) is 17.1 Å². The number of fused-ring (bicyclic) bond motifs is 1. The molecule has 6 nitrogen and oxygen atoms in total. The first-order valence-corrected chi connectivity index (χ1v) is 9.49. The Morgan fingerprint density at radius 2 is 1.88 bits per heavy atom. The van der Waals surface area contributed by atoms with Crippen molar-refractivity contribution in [1.82, 2.24) is 0 Å². The molecule has 0 saturated carbocycles. The highest BCUT2D eigenvalue weighted by molar-refractivity contribution is 7.91. The highest BCUT2D eigenvalue weighted by Crippen LogP contribution is 2.30. The summed E-state index contributed by atoms with van der Waals surface area (Å²) >= 11 is 0. The molecule has 1 aliphatic heterocycles. The molecule has 0 bridgehead atoms. The molecule has 3 rings (SSSR count). The summed E-state index contributed by atoms with van der Waals surface area (Å²) in [4.78, 5) is 25.5. The van der Waals surface area contributed by atoms with Crippen molar-refractivity contribution >= 4 is 33.0 Å². The maximum absolute atomic E-state index is 12.2. The molecule has 0 fully saturated rings. The molecule has 2 aromatic carbocycles. The number of hydrogen-bond donors (Lipinski definition) is 1. The van der Waals surface area contributed by atoms with Gasteiger partial charge >= 0.3 is 0 Å². The van der Waals surface area contributed by atoms with Gasteiger partial charge in [-0.2, -0.15) is 0 Å². The minimum atomic E-state index is -3.48. The van der Waals surface area contributed by atoms with Crippen molar-refractivity contribution in [3.63, 3.8) is 0 Å². The number of likely N-dealkylation sites (N-methyl/N-ethyl adjacent to an activating group) is 1. The molecule has 7 heteroatoms. The van der Waals surface area contributed by atoms with Gasteiger partial charge in [-0.1, -0.05) is 18.2 Å². The molecule has 2 aromatic rings. The zero-order valence-corrected chi connectivity index (χ0v) is 14.5. The van der Waals surface area contributed by atoms with Crippen molar-refractivity contribution in [2.45, 2.75) is 17.7 Å². The predicted molar refractivity (Wildman–Crippen MR) is 95.3 cm³/mol. The molecule has 0 unspecified atom stereocenters. The molecule has 0 aromatic heterocycles. The topological polar surface area (TPSA) is 83.6 Å². The number of benzene rings is 2. The van der Waals surface area contributed by atoms with Crippen molar-refractivity contribution < 1.29 is 18.0 Å². The van der Waals surface area contributed by atoms with Gasteiger partial charge in [0.1, 0.15) is 0 Å². The molecule has 1 aliphatic rings. The maximum atomic E-state index is 12.2. The predicted octanol–water partition coefficient (Wildman–Crippen LogP) is 2.01. The quantitative estimate of drug-likeness (QED) is 0.886. The molecule has 0 aliphatic carbocycles. The SMILES string of the molecule is CN1C(=O)Cc2cc(NC(=O)CCS(=O)(=O)c3ccccc3)ccc21. The minimum Gasteiger partial charge on any atom is -0.326 e. The van der Waals surface area contributed by atoms with E-state index in [0.717, 1.165) is 11.3 Å². The number of amides is 2. The highest BCUT2D eigenvalue weighted by atomic mass is 32.2. The van der Waals surface area contributed by atoms with Gasteiger partial charge in [-0.3, -0.25) is 9.59 Å². The van der Waals surface area contributed by atoms with Crippen LogP contribution >= 0.6 is 0 Å². The Morgan fingerprint density at radius 3 is 2.60 bits per heavy atom. The first-order chi connectivity index (χ1) is 11.9. The van der Waals surface area contributed by atoms with Crippen molar-refractivity contribution in [3.8, 4) is 0 Å². The second kappa shape index (κ2) is 6.68. The summed E-state index contributed by atoms with van der Waals surface area (Å²) < 4.78 is 24.4. The second-order valence-electron chi connectivity index (χ2n) is 5.90. The van der Waals surface area contributed by atoms with E-state index in [0.29, 0.717) is 12.1 Å². The maximum Gasteiger partial charge on any atom is 0.231 e.